The van der Waals surface area contributed by atoms with Crippen molar-refractivity contribution in [2.45, 2.75) is 13.5 Å². The van der Waals surface area contributed by atoms with E-state index in [4.69, 9.17) is 0 Å². The molecule has 0 atom stereocenters. The van der Waals surface area contributed by atoms with E-state index in [1.54, 1.807) is 28.9 Å². The molecule has 1 amide bonds. The van der Waals surface area contributed by atoms with Crippen molar-refractivity contribution in [3.63, 3.8) is 0 Å². The largest absolute Gasteiger partial charge is 0.278 e. The lowest BCUT2D eigenvalue weighted by Crippen LogP contribution is -2.32. The molecule has 0 aliphatic rings. The number of anilines is 1. The summed E-state index contributed by atoms with van der Waals surface area (Å²) < 4.78 is 15.8. The highest BCUT2D eigenvalue weighted by atomic mass is 32.1. The third kappa shape index (κ3) is 3.33. The molecule has 0 N–H and O–H groups in total. The van der Waals surface area contributed by atoms with Gasteiger partial charge in [-0.2, -0.15) is 5.10 Å². The molecule has 0 aliphatic carbocycles. The number of hydrogen-bond donors (Lipinski definition) is 0. The predicted octanol–water partition coefficient (Wildman–Crippen LogP) is 4.32. The van der Waals surface area contributed by atoms with Gasteiger partial charge in [0.1, 0.15) is 11.5 Å². The highest BCUT2D eigenvalue weighted by molar-refractivity contribution is 7.22. The van der Waals surface area contributed by atoms with Crippen LogP contribution in [0.15, 0.2) is 54.7 Å². The highest BCUT2D eigenvalue weighted by Crippen LogP contribution is 2.31. The lowest BCUT2D eigenvalue weighted by molar-refractivity contribution is 0.0975. The number of carbonyl (C=O) groups is 1. The second-order valence-electron chi connectivity index (χ2n) is 6.29. The van der Waals surface area contributed by atoms with Crippen LogP contribution in [0.4, 0.5) is 9.52 Å². The van der Waals surface area contributed by atoms with Crippen molar-refractivity contribution in [2.75, 3.05) is 4.90 Å². The maximum atomic E-state index is 13.6. The van der Waals surface area contributed by atoms with Crippen molar-refractivity contribution in [1.82, 2.24) is 14.8 Å². The van der Waals surface area contributed by atoms with Gasteiger partial charge in [0.2, 0.25) is 0 Å². The minimum absolute atomic E-state index is 0.184. The Bertz CT molecular complexity index is 1100. The van der Waals surface area contributed by atoms with E-state index in [9.17, 15) is 9.18 Å². The zero-order valence-corrected chi connectivity index (χ0v) is 15.7. The number of halogens is 1. The molecule has 0 saturated heterocycles. The van der Waals surface area contributed by atoms with Crippen molar-refractivity contribution >= 4 is 32.6 Å². The summed E-state index contributed by atoms with van der Waals surface area (Å²) in [5.74, 6) is -0.503. The number of thiazole rings is 1. The lowest BCUT2D eigenvalue weighted by Gasteiger charge is -2.20. The van der Waals surface area contributed by atoms with Crippen LogP contribution in [0, 0.1) is 12.7 Å². The smallest absolute Gasteiger partial charge is 0.278 e. The van der Waals surface area contributed by atoms with Crippen LogP contribution in [0.1, 0.15) is 21.6 Å². The van der Waals surface area contributed by atoms with E-state index in [2.05, 4.69) is 10.1 Å². The molecule has 27 heavy (non-hydrogen) atoms. The number of rotatable bonds is 4. The first-order valence-corrected chi connectivity index (χ1v) is 9.25. The zero-order chi connectivity index (χ0) is 19.0. The van der Waals surface area contributed by atoms with Gasteiger partial charge in [-0.1, -0.05) is 41.7 Å². The van der Waals surface area contributed by atoms with E-state index in [1.165, 1.54) is 23.5 Å². The van der Waals surface area contributed by atoms with E-state index in [1.807, 2.05) is 37.3 Å². The molecule has 0 unspecified atom stereocenters. The highest BCUT2D eigenvalue weighted by Gasteiger charge is 2.25. The van der Waals surface area contributed by atoms with Crippen molar-refractivity contribution in [2.24, 2.45) is 7.05 Å². The Hall–Kier alpha value is -3.06. The molecule has 0 aliphatic heterocycles. The van der Waals surface area contributed by atoms with Gasteiger partial charge in [0, 0.05) is 7.05 Å². The normalized spacial score (nSPS) is 11.1. The van der Waals surface area contributed by atoms with Gasteiger partial charge in [-0.25, -0.2) is 9.37 Å². The van der Waals surface area contributed by atoms with Gasteiger partial charge in [0.25, 0.3) is 5.91 Å². The average Bonchev–Trinajstić information content (AvgIpc) is 3.22. The molecule has 0 saturated carbocycles. The standard InChI is InChI=1S/C20H17FN4OS/c1-13-11-22-24(2)18(13)19(26)25(12-14-6-4-3-5-7-14)20-23-16-9-8-15(21)10-17(16)27-20/h3-11H,12H2,1-2H3. The molecule has 7 heteroatoms. The van der Waals surface area contributed by atoms with Gasteiger partial charge in [-0.3, -0.25) is 14.4 Å². The quantitative estimate of drug-likeness (QED) is 0.530. The summed E-state index contributed by atoms with van der Waals surface area (Å²) in [4.78, 5) is 19.5. The first kappa shape index (κ1) is 17.4. The van der Waals surface area contributed by atoms with E-state index < -0.39 is 0 Å². The molecular formula is C20H17FN4OS. The average molecular weight is 380 g/mol. The van der Waals surface area contributed by atoms with Crippen LogP contribution < -0.4 is 4.90 Å². The Balaban J connectivity index is 1.80. The van der Waals surface area contributed by atoms with Crippen LogP contribution >= 0.6 is 11.3 Å². The first-order chi connectivity index (χ1) is 13.0. The molecule has 0 fully saturated rings. The number of fused-ring (bicyclic) bond motifs is 1. The Kier molecular flexibility index (Phi) is 4.45. The predicted molar refractivity (Wildman–Crippen MR) is 104 cm³/mol. The van der Waals surface area contributed by atoms with Crippen LogP contribution in [0.25, 0.3) is 10.2 Å². The van der Waals surface area contributed by atoms with Crippen LogP contribution in [-0.2, 0) is 13.6 Å². The third-order valence-corrected chi connectivity index (χ3v) is 5.36. The van der Waals surface area contributed by atoms with E-state index in [0.717, 1.165) is 11.1 Å². The fourth-order valence-electron chi connectivity index (χ4n) is 2.98. The number of aryl methyl sites for hydroxylation is 2. The molecule has 2 aromatic heterocycles. The number of amides is 1. The molecule has 0 spiro atoms. The lowest BCUT2D eigenvalue weighted by atomic mass is 10.2. The fraction of sp³-hybridized carbons (Fsp3) is 0.150. The van der Waals surface area contributed by atoms with E-state index >= 15 is 0 Å². The maximum absolute atomic E-state index is 13.6. The van der Waals surface area contributed by atoms with Crippen molar-refractivity contribution in [1.29, 1.82) is 0 Å². The Morgan fingerprint density at radius 3 is 2.70 bits per heavy atom. The summed E-state index contributed by atoms with van der Waals surface area (Å²) in [5, 5.41) is 4.71. The van der Waals surface area contributed by atoms with Gasteiger partial charge in [0.15, 0.2) is 5.13 Å². The Morgan fingerprint density at radius 1 is 1.22 bits per heavy atom. The minimum Gasteiger partial charge on any atom is -0.278 e. The summed E-state index contributed by atoms with van der Waals surface area (Å²) >= 11 is 1.30. The summed E-state index contributed by atoms with van der Waals surface area (Å²) in [6, 6.07) is 14.2. The molecule has 4 aromatic rings. The summed E-state index contributed by atoms with van der Waals surface area (Å²) in [5.41, 5.74) is 2.96. The minimum atomic E-state index is -0.318. The number of carbonyl (C=O) groups excluding carboxylic acids is 1. The van der Waals surface area contributed by atoms with Crippen molar-refractivity contribution in [3.05, 3.63) is 77.4 Å². The maximum Gasteiger partial charge on any atom is 0.278 e. The second-order valence-corrected chi connectivity index (χ2v) is 7.29. The third-order valence-electron chi connectivity index (χ3n) is 4.32. The van der Waals surface area contributed by atoms with E-state index in [0.29, 0.717) is 27.6 Å². The summed E-state index contributed by atoms with van der Waals surface area (Å²) in [7, 11) is 1.74. The van der Waals surface area contributed by atoms with Crippen LogP contribution in [-0.4, -0.2) is 20.7 Å². The fourth-order valence-corrected chi connectivity index (χ4v) is 3.96. The van der Waals surface area contributed by atoms with Gasteiger partial charge in [-0.15, -0.1) is 0 Å². The molecule has 5 nitrogen and oxygen atoms in total. The van der Waals surface area contributed by atoms with Crippen molar-refractivity contribution in [3.8, 4) is 0 Å². The molecule has 0 radical (unpaired) electrons. The van der Waals surface area contributed by atoms with Crippen molar-refractivity contribution < 1.29 is 9.18 Å². The number of benzene rings is 2. The molecule has 136 valence electrons. The number of nitrogens with zero attached hydrogens (tertiary/aromatic N) is 4. The molecule has 2 aromatic carbocycles. The first-order valence-electron chi connectivity index (χ1n) is 8.43. The topological polar surface area (TPSA) is 51.0 Å². The van der Waals surface area contributed by atoms with Crippen LogP contribution in [0.5, 0.6) is 0 Å². The number of hydrogen-bond acceptors (Lipinski definition) is 4. The number of aromatic nitrogens is 3. The van der Waals surface area contributed by atoms with Gasteiger partial charge in [0.05, 0.1) is 23.0 Å². The van der Waals surface area contributed by atoms with Gasteiger partial charge >= 0.3 is 0 Å². The van der Waals surface area contributed by atoms with Crippen LogP contribution in [0.3, 0.4) is 0 Å². The van der Waals surface area contributed by atoms with Gasteiger partial charge < -0.3 is 0 Å². The zero-order valence-electron chi connectivity index (χ0n) is 14.9. The Morgan fingerprint density at radius 2 is 2.00 bits per heavy atom. The SMILES string of the molecule is Cc1cnn(C)c1C(=O)N(Cc1ccccc1)c1nc2ccc(F)cc2s1. The molecule has 4 rings (SSSR count). The van der Waals surface area contributed by atoms with E-state index in [-0.39, 0.29) is 11.7 Å². The summed E-state index contributed by atoms with van der Waals surface area (Å²) in [6.07, 6.45) is 1.67. The second kappa shape index (κ2) is 6.92. The Labute approximate surface area is 159 Å². The molecule has 0 bridgehead atoms. The van der Waals surface area contributed by atoms with Gasteiger partial charge in [-0.05, 0) is 36.2 Å². The molecule has 2 heterocycles. The van der Waals surface area contributed by atoms with Crippen LogP contribution in [0.2, 0.25) is 0 Å². The summed E-state index contributed by atoms with van der Waals surface area (Å²) in [6.45, 7) is 2.22. The monoisotopic (exact) mass is 380 g/mol. The molecular weight excluding hydrogens is 363 g/mol.